The molecule has 0 aliphatic carbocycles. The highest BCUT2D eigenvalue weighted by molar-refractivity contribution is 7.92. The molecule has 0 fully saturated rings. The summed E-state index contributed by atoms with van der Waals surface area (Å²) in [4.78, 5) is 29.0. The molecule has 0 aromatic heterocycles. The summed E-state index contributed by atoms with van der Waals surface area (Å²) in [6, 6.07) is 18.8. The molecule has 3 rings (SSSR count). The van der Waals surface area contributed by atoms with Gasteiger partial charge in [-0.25, -0.2) is 12.8 Å². The van der Waals surface area contributed by atoms with Crippen LogP contribution in [0.5, 0.6) is 5.75 Å². The van der Waals surface area contributed by atoms with E-state index in [4.69, 9.17) is 16.3 Å². The molecule has 0 spiro atoms. The molecule has 3 aromatic rings. The van der Waals surface area contributed by atoms with E-state index in [1.165, 1.54) is 18.1 Å². The third kappa shape index (κ3) is 9.19. The lowest BCUT2D eigenvalue weighted by atomic mass is 10.0. The van der Waals surface area contributed by atoms with Crippen LogP contribution in [0.15, 0.2) is 72.8 Å². The second-order valence-electron chi connectivity index (χ2n) is 9.59. The molecule has 8 nitrogen and oxygen atoms in total. The molecule has 0 heterocycles. The monoisotopic (exact) mass is 603 g/mol. The van der Waals surface area contributed by atoms with E-state index in [0.717, 1.165) is 41.1 Å². The molecule has 11 heteroatoms. The molecule has 2 amide bonds. The number of hydrogen-bond acceptors (Lipinski definition) is 5. The van der Waals surface area contributed by atoms with Gasteiger partial charge in [0, 0.05) is 19.5 Å². The van der Waals surface area contributed by atoms with Gasteiger partial charge >= 0.3 is 0 Å². The lowest BCUT2D eigenvalue weighted by Gasteiger charge is -2.33. The van der Waals surface area contributed by atoms with Crippen LogP contribution < -0.4 is 14.4 Å². The molecule has 3 aromatic carbocycles. The molecule has 0 saturated heterocycles. The number of sulfonamides is 1. The number of anilines is 1. The quantitative estimate of drug-likeness (QED) is 0.267. The van der Waals surface area contributed by atoms with E-state index in [1.54, 1.807) is 24.3 Å². The van der Waals surface area contributed by atoms with Crippen LogP contribution in [0.3, 0.4) is 0 Å². The molecule has 1 atom stereocenters. The van der Waals surface area contributed by atoms with E-state index in [2.05, 4.69) is 5.32 Å². The predicted molar refractivity (Wildman–Crippen MR) is 159 cm³/mol. The zero-order valence-electron chi connectivity index (χ0n) is 23.3. The van der Waals surface area contributed by atoms with Crippen molar-refractivity contribution in [1.82, 2.24) is 10.2 Å². The van der Waals surface area contributed by atoms with Gasteiger partial charge in [0.15, 0.2) is 0 Å². The highest BCUT2D eigenvalue weighted by Crippen LogP contribution is 2.25. The van der Waals surface area contributed by atoms with E-state index in [0.29, 0.717) is 17.9 Å². The molecule has 41 heavy (non-hydrogen) atoms. The van der Waals surface area contributed by atoms with Gasteiger partial charge in [-0.05, 0) is 47.9 Å². The number of methoxy groups -OCH3 is 1. The van der Waals surface area contributed by atoms with Gasteiger partial charge in [0.1, 0.15) is 24.2 Å². The number of benzene rings is 3. The average molecular weight is 604 g/mol. The van der Waals surface area contributed by atoms with Gasteiger partial charge in [0.25, 0.3) is 0 Å². The summed E-state index contributed by atoms with van der Waals surface area (Å²) < 4.78 is 45.7. The Kier molecular flexibility index (Phi) is 11.5. The van der Waals surface area contributed by atoms with E-state index >= 15 is 0 Å². The van der Waals surface area contributed by atoms with Gasteiger partial charge in [0.2, 0.25) is 21.8 Å². The summed E-state index contributed by atoms with van der Waals surface area (Å²) in [5.41, 5.74) is 1.55. The maximum atomic E-state index is 14.1. The van der Waals surface area contributed by atoms with Crippen LogP contribution in [0.2, 0.25) is 5.02 Å². The van der Waals surface area contributed by atoms with Gasteiger partial charge in [0.05, 0.1) is 24.1 Å². The summed E-state index contributed by atoms with van der Waals surface area (Å²) in [7, 11) is -2.47. The first-order valence-electron chi connectivity index (χ1n) is 13.2. The highest BCUT2D eigenvalue weighted by atomic mass is 35.5. The van der Waals surface area contributed by atoms with Crippen LogP contribution in [0.1, 0.15) is 30.9 Å². The van der Waals surface area contributed by atoms with Crippen LogP contribution in [-0.2, 0) is 32.6 Å². The molecule has 0 radical (unpaired) electrons. The highest BCUT2D eigenvalue weighted by Gasteiger charge is 2.33. The minimum atomic E-state index is -4.00. The van der Waals surface area contributed by atoms with Crippen molar-refractivity contribution in [2.24, 2.45) is 0 Å². The molecule has 0 saturated carbocycles. The van der Waals surface area contributed by atoms with Crippen molar-refractivity contribution in [3.8, 4) is 5.75 Å². The van der Waals surface area contributed by atoms with Gasteiger partial charge in [-0.3, -0.25) is 13.9 Å². The topological polar surface area (TPSA) is 96.0 Å². The van der Waals surface area contributed by atoms with Crippen LogP contribution in [0.25, 0.3) is 0 Å². The molecule has 0 unspecified atom stereocenters. The van der Waals surface area contributed by atoms with Crippen molar-refractivity contribution >= 4 is 39.1 Å². The maximum Gasteiger partial charge on any atom is 0.244 e. The molecular formula is C30H35ClFN3O5S. The van der Waals surface area contributed by atoms with Crippen LogP contribution in [-0.4, -0.2) is 57.6 Å². The number of carbonyl (C=O) groups is 2. The van der Waals surface area contributed by atoms with E-state index < -0.39 is 34.3 Å². The SMILES string of the molecule is CCCCNC(=O)[C@H](Cc1ccccc1)N(Cc1cccc(OC)c1)C(=O)CN(c1ccc(F)c(Cl)c1)S(C)(=O)=O. The first-order valence-corrected chi connectivity index (χ1v) is 15.4. The fourth-order valence-corrected chi connectivity index (χ4v) is 5.30. The normalized spacial score (nSPS) is 11.9. The minimum Gasteiger partial charge on any atom is -0.497 e. The number of nitrogens with zero attached hydrogens (tertiary/aromatic N) is 2. The molecule has 0 aliphatic heterocycles. The standard InChI is InChI=1S/C30H35ClFN3O5S/c1-4-5-16-33-30(37)28(18-22-10-7-6-8-11-22)34(20-23-12-9-13-25(17-23)40-2)29(36)21-35(41(3,38)39)24-14-15-27(32)26(31)19-24/h6-15,17,19,28H,4-5,16,18,20-21H2,1-3H3,(H,33,37)/t28-/m0/s1. The van der Waals surface area contributed by atoms with Gasteiger partial charge in [-0.15, -0.1) is 0 Å². The maximum absolute atomic E-state index is 14.1. The van der Waals surface area contributed by atoms with Gasteiger partial charge in [-0.2, -0.15) is 0 Å². The Bertz CT molecular complexity index is 1440. The lowest BCUT2D eigenvalue weighted by Crippen LogP contribution is -2.53. The number of hydrogen-bond donors (Lipinski definition) is 1. The Labute approximate surface area is 246 Å². The Morgan fingerprint density at radius 3 is 2.37 bits per heavy atom. The first-order chi connectivity index (χ1) is 19.5. The summed E-state index contributed by atoms with van der Waals surface area (Å²) >= 11 is 5.93. The average Bonchev–Trinajstić information content (AvgIpc) is 2.95. The third-order valence-electron chi connectivity index (χ3n) is 6.46. The van der Waals surface area contributed by atoms with Crippen LogP contribution in [0.4, 0.5) is 10.1 Å². The molecule has 1 N–H and O–H groups in total. The Morgan fingerprint density at radius 1 is 1.02 bits per heavy atom. The lowest BCUT2D eigenvalue weighted by molar-refractivity contribution is -0.140. The van der Waals surface area contributed by atoms with E-state index in [9.17, 15) is 22.4 Å². The summed E-state index contributed by atoms with van der Waals surface area (Å²) in [5.74, 6) is -1.12. The van der Waals surface area contributed by atoms with E-state index in [-0.39, 0.29) is 29.6 Å². The summed E-state index contributed by atoms with van der Waals surface area (Å²) in [5, 5.41) is 2.64. The summed E-state index contributed by atoms with van der Waals surface area (Å²) in [6.07, 6.45) is 2.79. The zero-order valence-corrected chi connectivity index (χ0v) is 24.9. The minimum absolute atomic E-state index is 0.0104. The molecule has 0 bridgehead atoms. The Morgan fingerprint density at radius 2 is 1.73 bits per heavy atom. The largest absolute Gasteiger partial charge is 0.497 e. The number of unbranched alkanes of at least 4 members (excludes halogenated alkanes) is 1. The fourth-order valence-electron chi connectivity index (χ4n) is 4.28. The molecular weight excluding hydrogens is 569 g/mol. The smallest absolute Gasteiger partial charge is 0.244 e. The van der Waals surface area contributed by atoms with Crippen molar-refractivity contribution in [3.63, 3.8) is 0 Å². The number of amides is 2. The van der Waals surface area contributed by atoms with Crippen molar-refractivity contribution in [1.29, 1.82) is 0 Å². The number of nitrogens with one attached hydrogen (secondary N) is 1. The third-order valence-corrected chi connectivity index (χ3v) is 7.89. The molecule has 0 aliphatic rings. The van der Waals surface area contributed by atoms with Crippen molar-refractivity contribution in [2.45, 2.75) is 38.8 Å². The number of carbonyl (C=O) groups excluding carboxylic acids is 2. The summed E-state index contributed by atoms with van der Waals surface area (Å²) in [6.45, 7) is 1.83. The molecule has 220 valence electrons. The van der Waals surface area contributed by atoms with Crippen molar-refractivity contribution < 1.29 is 27.1 Å². The predicted octanol–water partition coefficient (Wildman–Crippen LogP) is 4.81. The van der Waals surface area contributed by atoms with Gasteiger partial charge < -0.3 is 15.0 Å². The number of halogens is 2. The fraction of sp³-hybridized carbons (Fsp3) is 0.333. The second kappa shape index (κ2) is 14.8. The Balaban J connectivity index is 2.06. The first kappa shape index (κ1) is 31.9. The Hall–Kier alpha value is -3.63. The van der Waals surface area contributed by atoms with Crippen molar-refractivity contribution in [3.05, 3.63) is 94.8 Å². The van der Waals surface area contributed by atoms with Crippen LogP contribution in [0, 0.1) is 5.82 Å². The second-order valence-corrected chi connectivity index (χ2v) is 11.9. The van der Waals surface area contributed by atoms with Crippen LogP contribution >= 0.6 is 11.6 Å². The zero-order chi connectivity index (χ0) is 30.0. The van der Waals surface area contributed by atoms with E-state index in [1.807, 2.05) is 37.3 Å². The van der Waals surface area contributed by atoms with Crippen molar-refractivity contribution in [2.75, 3.05) is 30.8 Å². The number of ether oxygens (including phenoxy) is 1. The van der Waals surface area contributed by atoms with Gasteiger partial charge in [-0.1, -0.05) is 67.4 Å². The number of rotatable bonds is 14.